The Morgan fingerprint density at radius 2 is 1.02 bits per heavy atom. The quantitative estimate of drug-likeness (QED) is 0.173. The largest absolute Gasteiger partial charge is 0.394 e. The van der Waals surface area contributed by atoms with Gasteiger partial charge >= 0.3 is 0 Å². The Morgan fingerprint density at radius 1 is 0.600 bits per heavy atom. The Balaban J connectivity index is 1.32. The van der Waals surface area contributed by atoms with Gasteiger partial charge in [-0.2, -0.15) is 0 Å². The van der Waals surface area contributed by atoms with Crippen LogP contribution in [-0.2, 0) is 14.9 Å². The summed E-state index contributed by atoms with van der Waals surface area (Å²) in [6.07, 6.45) is -11.0. The summed E-state index contributed by atoms with van der Waals surface area (Å²) in [5, 5.41) is 90.6. The molecular weight excluding hydrogens is 584 g/mol. The van der Waals surface area contributed by atoms with Gasteiger partial charge < -0.3 is 55.4 Å². The van der Waals surface area contributed by atoms with Crippen LogP contribution in [0.1, 0.15) is 47.9 Å². The lowest BCUT2D eigenvalue weighted by Gasteiger charge is -2.38. The molecule has 240 valence electrons. The number of hydrogen-bond donors (Lipinski definition) is 9. The SMILES string of the molecule is OCC1OC(C#Cc2ccc3c(c2)C2(CCC(O)CC2)c2cc(C#CC4OC(CO)C(O)C(O)C4O)ccc2-3)C(O)C(O)C1O. The molecule has 0 radical (unpaired) electrons. The van der Waals surface area contributed by atoms with Crippen LogP contribution in [0.15, 0.2) is 36.4 Å². The van der Waals surface area contributed by atoms with Crippen molar-refractivity contribution >= 4 is 0 Å². The molecule has 1 saturated carbocycles. The van der Waals surface area contributed by atoms with E-state index in [0.29, 0.717) is 36.8 Å². The number of benzene rings is 2. The second kappa shape index (κ2) is 12.7. The average Bonchev–Trinajstić information content (AvgIpc) is 3.31. The lowest BCUT2D eigenvalue weighted by molar-refractivity contribution is -0.214. The lowest BCUT2D eigenvalue weighted by atomic mass is 9.67. The summed E-state index contributed by atoms with van der Waals surface area (Å²) in [6.45, 7) is -1.08. The molecular formula is C34H38O11. The van der Waals surface area contributed by atoms with E-state index >= 15 is 0 Å². The van der Waals surface area contributed by atoms with Gasteiger partial charge in [-0.15, -0.1) is 0 Å². The molecule has 0 bridgehead atoms. The Kier molecular flexibility index (Phi) is 9.07. The van der Waals surface area contributed by atoms with E-state index in [-0.39, 0.29) is 0 Å². The summed E-state index contributed by atoms with van der Waals surface area (Å²) in [5.41, 5.74) is 5.00. The van der Waals surface area contributed by atoms with Crippen LogP contribution in [0.3, 0.4) is 0 Å². The van der Waals surface area contributed by atoms with E-state index in [1.165, 1.54) is 0 Å². The van der Waals surface area contributed by atoms with Crippen molar-refractivity contribution in [3.63, 3.8) is 0 Å². The molecule has 2 aliphatic heterocycles. The van der Waals surface area contributed by atoms with Gasteiger partial charge in [0.15, 0.2) is 0 Å². The van der Waals surface area contributed by atoms with E-state index in [1.54, 1.807) is 0 Å². The molecule has 4 aliphatic rings. The summed E-state index contributed by atoms with van der Waals surface area (Å²) in [4.78, 5) is 0. The first-order valence-corrected chi connectivity index (χ1v) is 15.2. The fraction of sp³-hybridized carbons (Fsp3) is 0.529. The maximum absolute atomic E-state index is 10.4. The molecule has 2 saturated heterocycles. The van der Waals surface area contributed by atoms with Crippen LogP contribution in [0.2, 0.25) is 0 Å². The van der Waals surface area contributed by atoms with E-state index in [9.17, 15) is 46.0 Å². The summed E-state index contributed by atoms with van der Waals surface area (Å²) in [6, 6.07) is 11.6. The maximum Gasteiger partial charge on any atom is 0.147 e. The highest BCUT2D eigenvalue weighted by atomic mass is 16.5. The molecule has 2 aromatic rings. The molecule has 10 atom stereocenters. The van der Waals surface area contributed by atoms with Crippen molar-refractivity contribution in [1.82, 2.24) is 0 Å². The number of aliphatic hydroxyl groups excluding tert-OH is 9. The van der Waals surface area contributed by atoms with Crippen molar-refractivity contribution in [1.29, 1.82) is 0 Å². The molecule has 0 amide bonds. The summed E-state index contributed by atoms with van der Waals surface area (Å²) >= 11 is 0. The standard InChI is InChI=1S/C34H38O11/c35-15-26-30(40)32(42)28(38)24(44-26)7-3-17-1-5-20-21-6-2-18(4-8-25-29(39)33(43)31(41)27(16-36)45-25)14-23(21)34(22(20)13-17)11-9-19(37)10-12-34/h1-2,5-6,13-14,19,24-33,35-43H,9-12,15-16H2. The third-order valence-electron chi connectivity index (χ3n) is 9.67. The molecule has 3 fully saturated rings. The van der Waals surface area contributed by atoms with E-state index in [4.69, 9.17) is 9.47 Å². The van der Waals surface area contributed by atoms with Gasteiger partial charge in [0.1, 0.15) is 61.0 Å². The van der Waals surface area contributed by atoms with Crippen molar-refractivity contribution in [3.8, 4) is 34.8 Å². The molecule has 6 rings (SSSR count). The first-order chi connectivity index (χ1) is 21.6. The highest BCUT2D eigenvalue weighted by Crippen LogP contribution is 2.56. The first kappa shape index (κ1) is 32.1. The highest BCUT2D eigenvalue weighted by molar-refractivity contribution is 5.82. The number of hydrogen-bond acceptors (Lipinski definition) is 11. The van der Waals surface area contributed by atoms with Gasteiger partial charge in [0.2, 0.25) is 0 Å². The Hall–Kier alpha value is -2.88. The molecule has 11 heteroatoms. The molecule has 2 aromatic carbocycles. The second-order valence-electron chi connectivity index (χ2n) is 12.4. The topological polar surface area (TPSA) is 201 Å². The van der Waals surface area contributed by atoms with E-state index in [1.807, 2.05) is 36.4 Å². The van der Waals surface area contributed by atoms with Crippen molar-refractivity contribution in [3.05, 3.63) is 58.7 Å². The predicted molar refractivity (Wildman–Crippen MR) is 158 cm³/mol. The van der Waals surface area contributed by atoms with Gasteiger partial charge in [-0.25, -0.2) is 0 Å². The van der Waals surface area contributed by atoms with Gasteiger partial charge in [0.25, 0.3) is 0 Å². The first-order valence-electron chi connectivity index (χ1n) is 15.2. The van der Waals surface area contributed by atoms with Crippen LogP contribution in [0, 0.1) is 23.7 Å². The van der Waals surface area contributed by atoms with Crippen LogP contribution in [0.4, 0.5) is 0 Å². The zero-order chi connectivity index (χ0) is 32.0. The van der Waals surface area contributed by atoms with Gasteiger partial charge in [-0.3, -0.25) is 0 Å². The minimum Gasteiger partial charge on any atom is -0.394 e. The molecule has 10 unspecified atom stereocenters. The average molecular weight is 623 g/mol. The van der Waals surface area contributed by atoms with Crippen LogP contribution in [0.25, 0.3) is 11.1 Å². The smallest absolute Gasteiger partial charge is 0.147 e. The molecule has 0 aromatic heterocycles. The van der Waals surface area contributed by atoms with E-state index in [2.05, 4.69) is 23.7 Å². The van der Waals surface area contributed by atoms with Gasteiger partial charge in [-0.1, -0.05) is 35.8 Å². The monoisotopic (exact) mass is 622 g/mol. The molecule has 11 nitrogen and oxygen atoms in total. The predicted octanol–water partition coefficient (Wildman–Crippen LogP) is -1.72. The minimum atomic E-state index is -1.51. The fourth-order valence-electron chi connectivity index (χ4n) is 7.04. The number of aliphatic hydroxyl groups is 9. The van der Waals surface area contributed by atoms with E-state index < -0.39 is 85.8 Å². The van der Waals surface area contributed by atoms with Crippen LogP contribution < -0.4 is 0 Å². The van der Waals surface area contributed by atoms with Crippen molar-refractivity contribution < 1.29 is 55.4 Å². The molecule has 1 spiro atoms. The summed E-state index contributed by atoms with van der Waals surface area (Å²) < 4.78 is 11.1. The normalized spacial score (nSPS) is 38.8. The molecule has 45 heavy (non-hydrogen) atoms. The molecule has 2 aliphatic carbocycles. The molecule has 2 heterocycles. The van der Waals surface area contributed by atoms with Crippen molar-refractivity contribution in [2.45, 2.75) is 98.2 Å². The Bertz CT molecular complexity index is 1420. The fourth-order valence-corrected chi connectivity index (χ4v) is 7.04. The zero-order valence-electron chi connectivity index (χ0n) is 24.4. The number of rotatable bonds is 2. The lowest BCUT2D eigenvalue weighted by Crippen LogP contribution is -2.58. The third-order valence-corrected chi connectivity index (χ3v) is 9.67. The van der Waals surface area contributed by atoms with Crippen LogP contribution >= 0.6 is 0 Å². The zero-order valence-corrected chi connectivity index (χ0v) is 24.4. The van der Waals surface area contributed by atoms with Crippen LogP contribution in [-0.4, -0.2) is 126 Å². The maximum atomic E-state index is 10.4. The Labute approximate surface area is 260 Å². The Morgan fingerprint density at radius 3 is 1.42 bits per heavy atom. The third kappa shape index (κ3) is 5.69. The van der Waals surface area contributed by atoms with Gasteiger partial charge in [0.05, 0.1) is 19.3 Å². The summed E-state index contributed by atoms with van der Waals surface area (Å²) in [7, 11) is 0. The van der Waals surface area contributed by atoms with Crippen molar-refractivity contribution in [2.75, 3.05) is 13.2 Å². The summed E-state index contributed by atoms with van der Waals surface area (Å²) in [5.74, 6) is 11.7. The van der Waals surface area contributed by atoms with Crippen molar-refractivity contribution in [2.24, 2.45) is 0 Å². The molecule has 9 N–H and O–H groups in total. The van der Waals surface area contributed by atoms with Gasteiger partial charge in [-0.05, 0) is 72.2 Å². The van der Waals surface area contributed by atoms with Crippen LogP contribution in [0.5, 0.6) is 0 Å². The second-order valence-corrected chi connectivity index (χ2v) is 12.4. The van der Waals surface area contributed by atoms with Gasteiger partial charge in [0, 0.05) is 16.5 Å². The van der Waals surface area contributed by atoms with E-state index in [0.717, 1.165) is 22.3 Å². The number of ether oxygens (including phenoxy) is 2. The highest BCUT2D eigenvalue weighted by Gasteiger charge is 2.46. The minimum absolute atomic E-state index is 0.411. The number of fused-ring (bicyclic) bond motifs is 5.